The van der Waals surface area contributed by atoms with Crippen molar-refractivity contribution in [2.45, 2.75) is 12.8 Å². The van der Waals surface area contributed by atoms with Gasteiger partial charge in [-0.25, -0.2) is 9.97 Å². The number of aromatic nitrogens is 2. The van der Waals surface area contributed by atoms with Gasteiger partial charge in [-0.3, -0.25) is 0 Å². The van der Waals surface area contributed by atoms with E-state index >= 15 is 0 Å². The molecule has 0 unspecified atom stereocenters. The maximum absolute atomic E-state index is 4.36. The number of nitrogens with one attached hydrogen (secondary N) is 2. The van der Waals surface area contributed by atoms with Crippen molar-refractivity contribution >= 4 is 38.7 Å². The number of fused-ring (bicyclic) bond motifs is 2. The second-order valence-electron chi connectivity index (χ2n) is 4.88. The molecule has 0 radical (unpaired) electrons. The van der Waals surface area contributed by atoms with Crippen LogP contribution in [0, 0.1) is 0 Å². The van der Waals surface area contributed by atoms with Crippen LogP contribution in [0.4, 0.5) is 17.2 Å². The molecular weight excluding hydrogens is 268 g/mol. The molecule has 5 heteroatoms. The van der Waals surface area contributed by atoms with Crippen LogP contribution in [0.2, 0.25) is 0 Å². The number of aryl methyl sites for hydroxylation is 1. The first kappa shape index (κ1) is 11.7. The van der Waals surface area contributed by atoms with E-state index in [1.165, 1.54) is 17.7 Å². The van der Waals surface area contributed by atoms with Crippen LogP contribution in [-0.4, -0.2) is 16.5 Å². The zero-order valence-electron chi connectivity index (χ0n) is 10.9. The van der Waals surface area contributed by atoms with E-state index in [4.69, 9.17) is 0 Å². The predicted molar refractivity (Wildman–Crippen MR) is 84.0 cm³/mol. The number of hydrogen-bond donors (Lipinski definition) is 2. The van der Waals surface area contributed by atoms with Crippen LogP contribution in [0.15, 0.2) is 36.0 Å². The molecule has 3 aromatic rings. The van der Waals surface area contributed by atoms with E-state index in [9.17, 15) is 0 Å². The van der Waals surface area contributed by atoms with Gasteiger partial charge in [0.25, 0.3) is 0 Å². The Kier molecular flexibility index (Phi) is 2.77. The topological polar surface area (TPSA) is 49.8 Å². The molecule has 0 saturated carbocycles. The molecule has 100 valence electrons. The molecular formula is C15H14N4S. The number of nitrogens with zero attached hydrogens (tertiary/aromatic N) is 2. The third-order valence-corrected chi connectivity index (χ3v) is 4.46. The van der Waals surface area contributed by atoms with Crippen molar-refractivity contribution in [1.29, 1.82) is 0 Å². The molecule has 1 aliphatic rings. The minimum Gasteiger partial charge on any atom is -0.385 e. The van der Waals surface area contributed by atoms with Gasteiger partial charge in [0.2, 0.25) is 0 Å². The fraction of sp³-hybridized carbons (Fsp3) is 0.200. The lowest BCUT2D eigenvalue weighted by Gasteiger charge is -2.19. The summed E-state index contributed by atoms with van der Waals surface area (Å²) in [7, 11) is 0. The largest absolute Gasteiger partial charge is 0.385 e. The van der Waals surface area contributed by atoms with E-state index < -0.39 is 0 Å². The first-order valence-electron chi connectivity index (χ1n) is 6.72. The zero-order chi connectivity index (χ0) is 13.4. The summed E-state index contributed by atoms with van der Waals surface area (Å²) in [6, 6.07) is 8.47. The van der Waals surface area contributed by atoms with Crippen LogP contribution in [0.25, 0.3) is 10.2 Å². The van der Waals surface area contributed by atoms with Gasteiger partial charge >= 0.3 is 0 Å². The molecule has 0 amide bonds. The lowest BCUT2D eigenvalue weighted by molar-refractivity contribution is 0.830. The Morgan fingerprint density at radius 2 is 2.20 bits per heavy atom. The van der Waals surface area contributed by atoms with Crippen LogP contribution in [0.1, 0.15) is 12.0 Å². The van der Waals surface area contributed by atoms with Crippen molar-refractivity contribution in [3.05, 3.63) is 41.5 Å². The highest BCUT2D eigenvalue weighted by Gasteiger charge is 2.10. The van der Waals surface area contributed by atoms with Crippen molar-refractivity contribution in [3.63, 3.8) is 0 Å². The molecule has 0 spiro atoms. The van der Waals surface area contributed by atoms with Crippen LogP contribution in [0.3, 0.4) is 0 Å². The summed E-state index contributed by atoms with van der Waals surface area (Å²) in [4.78, 5) is 8.62. The summed E-state index contributed by atoms with van der Waals surface area (Å²) in [5, 5.41) is 8.89. The Balaban J connectivity index is 1.70. The van der Waals surface area contributed by atoms with Gasteiger partial charge in [-0.1, -0.05) is 0 Å². The molecule has 4 nitrogen and oxygen atoms in total. The molecule has 0 atom stereocenters. The average Bonchev–Trinajstić information content (AvgIpc) is 2.97. The minimum absolute atomic E-state index is 0.883. The Hall–Kier alpha value is -2.14. The number of rotatable bonds is 2. The van der Waals surface area contributed by atoms with Crippen LogP contribution in [-0.2, 0) is 6.42 Å². The lowest BCUT2D eigenvalue weighted by Crippen LogP contribution is -2.11. The van der Waals surface area contributed by atoms with Gasteiger partial charge in [0.1, 0.15) is 6.33 Å². The number of benzene rings is 1. The van der Waals surface area contributed by atoms with Crippen LogP contribution < -0.4 is 10.6 Å². The summed E-state index contributed by atoms with van der Waals surface area (Å²) in [6.45, 7) is 1.07. The van der Waals surface area contributed by atoms with Crippen molar-refractivity contribution < 1.29 is 0 Å². The maximum atomic E-state index is 4.36. The second kappa shape index (κ2) is 4.76. The average molecular weight is 282 g/mol. The SMILES string of the molecule is c1nc(Nc2ccc3c(c2)CCCN3)c2sccc2n1. The molecule has 4 rings (SSSR count). The van der Waals surface area contributed by atoms with Crippen molar-refractivity contribution in [2.24, 2.45) is 0 Å². The summed E-state index contributed by atoms with van der Waals surface area (Å²) in [5.41, 5.74) is 4.71. The Labute approximate surface area is 120 Å². The van der Waals surface area contributed by atoms with Gasteiger partial charge in [-0.2, -0.15) is 0 Å². The molecule has 1 aliphatic heterocycles. The first-order valence-corrected chi connectivity index (χ1v) is 7.60. The molecule has 20 heavy (non-hydrogen) atoms. The highest BCUT2D eigenvalue weighted by Crippen LogP contribution is 2.30. The van der Waals surface area contributed by atoms with Crippen molar-refractivity contribution in [3.8, 4) is 0 Å². The van der Waals surface area contributed by atoms with Gasteiger partial charge in [-0.15, -0.1) is 11.3 Å². The standard InChI is InChI=1S/C15H14N4S/c1-2-10-8-11(3-4-12(10)16-6-1)19-15-14-13(5-7-20-14)17-9-18-15/h3-5,7-9,16H,1-2,6H2,(H,17,18,19). The van der Waals surface area contributed by atoms with E-state index in [1.54, 1.807) is 17.7 Å². The molecule has 0 bridgehead atoms. The summed E-state index contributed by atoms with van der Waals surface area (Å²) >= 11 is 1.66. The normalized spacial score (nSPS) is 13.8. The monoisotopic (exact) mass is 282 g/mol. The molecule has 3 heterocycles. The fourth-order valence-electron chi connectivity index (χ4n) is 2.57. The minimum atomic E-state index is 0.883. The molecule has 0 fully saturated rings. The van der Waals surface area contributed by atoms with E-state index in [0.717, 1.165) is 34.7 Å². The molecule has 1 aromatic carbocycles. The van der Waals surface area contributed by atoms with E-state index in [1.807, 2.05) is 11.4 Å². The summed E-state index contributed by atoms with van der Waals surface area (Å²) in [6.07, 6.45) is 3.94. The Morgan fingerprint density at radius 1 is 1.20 bits per heavy atom. The molecule has 0 saturated heterocycles. The number of hydrogen-bond acceptors (Lipinski definition) is 5. The smallest absolute Gasteiger partial charge is 0.151 e. The third kappa shape index (κ3) is 2.00. The van der Waals surface area contributed by atoms with E-state index in [2.05, 4.69) is 38.8 Å². The third-order valence-electron chi connectivity index (χ3n) is 3.55. The second-order valence-corrected chi connectivity index (χ2v) is 5.80. The first-order chi connectivity index (χ1) is 9.90. The summed E-state index contributed by atoms with van der Waals surface area (Å²) in [5.74, 6) is 0.883. The highest BCUT2D eigenvalue weighted by molar-refractivity contribution is 7.17. The molecule has 2 N–H and O–H groups in total. The van der Waals surface area contributed by atoms with Gasteiger partial charge in [-0.05, 0) is 48.1 Å². The quantitative estimate of drug-likeness (QED) is 0.750. The van der Waals surface area contributed by atoms with Gasteiger partial charge in [0.05, 0.1) is 10.2 Å². The predicted octanol–water partition coefficient (Wildman–Crippen LogP) is 3.79. The highest BCUT2D eigenvalue weighted by atomic mass is 32.1. The summed E-state index contributed by atoms with van der Waals surface area (Å²) < 4.78 is 1.10. The Bertz CT molecular complexity index is 765. The van der Waals surface area contributed by atoms with Gasteiger partial charge in [0, 0.05) is 17.9 Å². The molecule has 0 aliphatic carbocycles. The van der Waals surface area contributed by atoms with Crippen molar-refractivity contribution in [1.82, 2.24) is 9.97 Å². The molecule has 2 aromatic heterocycles. The number of thiophene rings is 1. The fourth-order valence-corrected chi connectivity index (χ4v) is 3.36. The number of anilines is 3. The zero-order valence-corrected chi connectivity index (χ0v) is 11.7. The van der Waals surface area contributed by atoms with Crippen molar-refractivity contribution in [2.75, 3.05) is 17.2 Å². The van der Waals surface area contributed by atoms with Crippen LogP contribution in [0.5, 0.6) is 0 Å². The van der Waals surface area contributed by atoms with Gasteiger partial charge < -0.3 is 10.6 Å². The Morgan fingerprint density at radius 3 is 3.20 bits per heavy atom. The maximum Gasteiger partial charge on any atom is 0.151 e. The van der Waals surface area contributed by atoms with Gasteiger partial charge in [0.15, 0.2) is 5.82 Å². The van der Waals surface area contributed by atoms with E-state index in [-0.39, 0.29) is 0 Å². The lowest BCUT2D eigenvalue weighted by atomic mass is 10.0. The van der Waals surface area contributed by atoms with Crippen LogP contribution >= 0.6 is 11.3 Å². The van der Waals surface area contributed by atoms with E-state index in [0.29, 0.717) is 0 Å².